The zero-order valence-corrected chi connectivity index (χ0v) is 28.4. The Morgan fingerprint density at radius 1 is 0.377 bits per heavy atom. The quantitative estimate of drug-likeness (QED) is 0.181. The van der Waals surface area contributed by atoms with Gasteiger partial charge in [0.2, 0.25) is 0 Å². The van der Waals surface area contributed by atoms with Gasteiger partial charge in [0.1, 0.15) is 22.3 Å². The van der Waals surface area contributed by atoms with Crippen molar-refractivity contribution in [2.24, 2.45) is 0 Å². The van der Waals surface area contributed by atoms with Crippen LogP contribution in [0.15, 0.2) is 197 Å². The number of furan rings is 2. The van der Waals surface area contributed by atoms with E-state index in [4.69, 9.17) is 8.83 Å². The van der Waals surface area contributed by atoms with Crippen molar-refractivity contribution >= 4 is 82.5 Å². The van der Waals surface area contributed by atoms with Gasteiger partial charge in [-0.25, -0.2) is 0 Å². The molecular formula is C50H31NO2. The van der Waals surface area contributed by atoms with Crippen LogP contribution >= 0.6 is 0 Å². The maximum absolute atomic E-state index is 9.66. The van der Waals surface area contributed by atoms with Gasteiger partial charge in [0, 0.05) is 32.9 Å². The second-order valence-electron chi connectivity index (χ2n) is 13.3. The van der Waals surface area contributed by atoms with Crippen molar-refractivity contribution in [3.63, 3.8) is 0 Å². The van der Waals surface area contributed by atoms with E-state index in [-0.39, 0.29) is 35.4 Å². The Labute approximate surface area is 311 Å². The van der Waals surface area contributed by atoms with E-state index in [1.54, 1.807) is 0 Å². The highest BCUT2D eigenvalue weighted by atomic mass is 16.3. The minimum Gasteiger partial charge on any atom is -0.456 e. The lowest BCUT2D eigenvalue weighted by Crippen LogP contribution is -2.10. The lowest BCUT2D eigenvalue weighted by molar-refractivity contribution is 0.669. The van der Waals surface area contributed by atoms with Crippen molar-refractivity contribution in [1.82, 2.24) is 0 Å². The van der Waals surface area contributed by atoms with E-state index in [0.717, 1.165) is 71.0 Å². The third-order valence-corrected chi connectivity index (χ3v) is 10.3. The Morgan fingerprint density at radius 3 is 1.83 bits per heavy atom. The van der Waals surface area contributed by atoms with Crippen molar-refractivity contribution in [1.29, 1.82) is 0 Å². The number of nitrogens with zero attached hydrogens (tertiary/aromatic N) is 1. The third kappa shape index (κ3) is 4.68. The first-order valence-electron chi connectivity index (χ1n) is 19.7. The largest absolute Gasteiger partial charge is 0.456 e. The van der Waals surface area contributed by atoms with E-state index in [1.807, 2.05) is 132 Å². The Bertz CT molecular complexity index is 3390. The summed E-state index contributed by atoms with van der Waals surface area (Å²) < 4.78 is 51.1. The van der Waals surface area contributed by atoms with Gasteiger partial charge in [-0.1, -0.05) is 133 Å². The highest BCUT2D eigenvalue weighted by Crippen LogP contribution is 2.45. The summed E-state index contributed by atoms with van der Waals surface area (Å²) in [5, 5.41) is 7.64. The number of benzene rings is 9. The Kier molecular flexibility index (Phi) is 5.71. The minimum absolute atomic E-state index is 0.113. The molecule has 0 fully saturated rings. The number of para-hydroxylation sites is 1. The molecule has 0 atom stereocenters. The van der Waals surface area contributed by atoms with Crippen molar-refractivity contribution in [3.05, 3.63) is 188 Å². The standard InChI is InChI=1S/C50H31NO2/c1-3-13-38-32(10-1)12-7-16-39(38)34-22-27-36(28-23-34)51(44-18-9-21-47-49(44)43-31-26-33-11-2-4-14-41(33)50(43)53-47)37-29-24-35(25-30-37)40-17-8-20-46-48(40)42-15-5-6-19-45(42)52-46/h1-31H/i22D,23D,27D,28D. The number of anilines is 3. The number of rotatable bonds is 5. The van der Waals surface area contributed by atoms with Crippen LogP contribution in [-0.4, -0.2) is 0 Å². The summed E-state index contributed by atoms with van der Waals surface area (Å²) in [6.07, 6.45) is 0. The molecular weight excluding hydrogens is 647 g/mol. The lowest BCUT2D eigenvalue weighted by atomic mass is 9.97. The lowest BCUT2D eigenvalue weighted by Gasteiger charge is -2.27. The van der Waals surface area contributed by atoms with Crippen molar-refractivity contribution in [2.75, 3.05) is 4.90 Å². The van der Waals surface area contributed by atoms with Crippen molar-refractivity contribution < 1.29 is 14.3 Å². The fourth-order valence-corrected chi connectivity index (χ4v) is 7.91. The number of hydrogen-bond donors (Lipinski definition) is 0. The number of hydrogen-bond acceptors (Lipinski definition) is 3. The molecule has 11 rings (SSSR count). The van der Waals surface area contributed by atoms with Crippen LogP contribution in [-0.2, 0) is 0 Å². The topological polar surface area (TPSA) is 29.5 Å². The first-order chi connectivity index (χ1) is 28.0. The third-order valence-electron chi connectivity index (χ3n) is 10.3. The molecule has 0 unspecified atom stereocenters. The summed E-state index contributed by atoms with van der Waals surface area (Å²) in [4.78, 5) is 1.86. The Morgan fingerprint density at radius 2 is 1.00 bits per heavy atom. The Balaban J connectivity index is 1.17. The predicted octanol–water partition coefficient (Wildman–Crippen LogP) is 14.6. The van der Waals surface area contributed by atoms with Crippen LogP contribution in [0.4, 0.5) is 17.1 Å². The van der Waals surface area contributed by atoms with Crippen LogP contribution < -0.4 is 4.90 Å². The average molecular weight is 682 g/mol. The summed E-state index contributed by atoms with van der Waals surface area (Å²) in [5.74, 6) is 0. The molecule has 0 N–H and O–H groups in total. The predicted molar refractivity (Wildman–Crippen MR) is 222 cm³/mol. The molecule has 0 spiro atoms. The van der Waals surface area contributed by atoms with Crippen LogP contribution in [0, 0.1) is 0 Å². The van der Waals surface area contributed by atoms with Gasteiger partial charge in [0.15, 0.2) is 0 Å². The summed E-state index contributed by atoms with van der Waals surface area (Å²) in [6, 6.07) is 53.3. The first kappa shape index (κ1) is 25.8. The zero-order chi connectivity index (χ0) is 38.4. The van der Waals surface area contributed by atoms with Gasteiger partial charge < -0.3 is 13.7 Å². The van der Waals surface area contributed by atoms with Gasteiger partial charge in [0.05, 0.1) is 16.6 Å². The van der Waals surface area contributed by atoms with Gasteiger partial charge in [-0.2, -0.15) is 0 Å². The molecule has 9 aromatic carbocycles. The molecule has 248 valence electrons. The van der Waals surface area contributed by atoms with E-state index in [0.29, 0.717) is 22.5 Å². The van der Waals surface area contributed by atoms with Gasteiger partial charge in [-0.15, -0.1) is 0 Å². The van der Waals surface area contributed by atoms with E-state index in [1.165, 1.54) is 0 Å². The molecule has 0 aliphatic heterocycles. The second-order valence-corrected chi connectivity index (χ2v) is 13.3. The van der Waals surface area contributed by atoms with Gasteiger partial charge in [-0.3, -0.25) is 0 Å². The highest BCUT2D eigenvalue weighted by molar-refractivity contribution is 6.19. The van der Waals surface area contributed by atoms with Gasteiger partial charge in [-0.05, 0) is 93.0 Å². The van der Waals surface area contributed by atoms with Crippen LogP contribution in [0.1, 0.15) is 5.48 Å². The summed E-state index contributed by atoms with van der Waals surface area (Å²) in [7, 11) is 0. The van der Waals surface area contributed by atoms with E-state index < -0.39 is 0 Å². The average Bonchev–Trinajstić information content (AvgIpc) is 3.84. The summed E-state index contributed by atoms with van der Waals surface area (Å²) in [5.41, 5.74) is 7.44. The molecule has 3 heteroatoms. The molecule has 0 saturated heterocycles. The van der Waals surface area contributed by atoms with Crippen LogP contribution in [0.5, 0.6) is 0 Å². The maximum Gasteiger partial charge on any atom is 0.143 e. The molecule has 11 aromatic rings. The van der Waals surface area contributed by atoms with Crippen LogP contribution in [0.25, 0.3) is 87.7 Å². The molecule has 0 aliphatic rings. The zero-order valence-electron chi connectivity index (χ0n) is 32.4. The molecule has 0 amide bonds. The minimum atomic E-state index is -0.145. The highest BCUT2D eigenvalue weighted by Gasteiger charge is 2.21. The van der Waals surface area contributed by atoms with E-state index in [2.05, 4.69) is 36.4 Å². The fourth-order valence-electron chi connectivity index (χ4n) is 7.91. The van der Waals surface area contributed by atoms with Crippen LogP contribution in [0.2, 0.25) is 0 Å². The smallest absolute Gasteiger partial charge is 0.143 e. The van der Waals surface area contributed by atoms with Crippen LogP contribution in [0.3, 0.4) is 0 Å². The number of fused-ring (bicyclic) bond motifs is 9. The Hall–Kier alpha value is -7.10. The van der Waals surface area contributed by atoms with Gasteiger partial charge >= 0.3 is 0 Å². The SMILES string of the molecule is [2H]c1c([2H])c(N(c2ccc(-c3cccc4oc5ccccc5c34)cc2)c2cccc3oc4c5ccccc5ccc4c23)c([2H])c([2H])c1-c1cccc2ccccc12. The van der Waals surface area contributed by atoms with Gasteiger partial charge in [0.25, 0.3) is 0 Å². The summed E-state index contributed by atoms with van der Waals surface area (Å²) >= 11 is 0. The molecule has 0 bridgehead atoms. The summed E-state index contributed by atoms with van der Waals surface area (Å²) in [6.45, 7) is 0. The molecule has 2 heterocycles. The van der Waals surface area contributed by atoms with E-state index in [9.17, 15) is 5.48 Å². The maximum atomic E-state index is 9.66. The monoisotopic (exact) mass is 681 g/mol. The van der Waals surface area contributed by atoms with E-state index >= 15 is 0 Å². The molecule has 0 aliphatic carbocycles. The van der Waals surface area contributed by atoms with Crippen molar-refractivity contribution in [3.8, 4) is 22.3 Å². The fraction of sp³-hybridized carbons (Fsp3) is 0. The van der Waals surface area contributed by atoms with Crippen molar-refractivity contribution in [2.45, 2.75) is 0 Å². The first-order valence-corrected chi connectivity index (χ1v) is 17.7. The molecule has 0 saturated carbocycles. The molecule has 53 heavy (non-hydrogen) atoms. The molecule has 3 nitrogen and oxygen atoms in total. The molecule has 2 aromatic heterocycles. The second kappa shape index (κ2) is 11.7. The normalized spacial score (nSPS) is 12.8. The molecule has 0 radical (unpaired) electrons.